The Morgan fingerprint density at radius 1 is 0.862 bits per heavy atom. The van der Waals surface area contributed by atoms with E-state index in [-0.39, 0.29) is 13.2 Å². The van der Waals surface area contributed by atoms with Gasteiger partial charge in [-0.25, -0.2) is 9.59 Å². The van der Waals surface area contributed by atoms with Crippen molar-refractivity contribution in [2.75, 3.05) is 6.61 Å². The number of ether oxygens (including phenoxy) is 2. The van der Waals surface area contributed by atoms with Crippen molar-refractivity contribution in [1.82, 2.24) is 10.6 Å². The predicted molar refractivity (Wildman–Crippen MR) is 104 cm³/mol. The van der Waals surface area contributed by atoms with Crippen molar-refractivity contribution >= 4 is 18.0 Å². The largest absolute Gasteiger partial charge is 0.459 e. The van der Waals surface area contributed by atoms with Crippen LogP contribution in [0.25, 0.3) is 0 Å². The fourth-order valence-corrected chi connectivity index (χ4v) is 2.33. The lowest BCUT2D eigenvalue weighted by Gasteiger charge is -2.19. The second kappa shape index (κ2) is 11.5. The van der Waals surface area contributed by atoms with E-state index in [0.29, 0.717) is 0 Å². The van der Waals surface area contributed by atoms with Crippen LogP contribution in [0.15, 0.2) is 60.7 Å². The van der Waals surface area contributed by atoms with Gasteiger partial charge in [-0.2, -0.15) is 0 Å². The first kappa shape index (κ1) is 21.9. The molecule has 0 fully saturated rings. The molecule has 0 aliphatic rings. The number of carbonyl (C=O) groups excluding carboxylic acids is 3. The highest BCUT2D eigenvalue weighted by molar-refractivity contribution is 5.89. The zero-order valence-corrected chi connectivity index (χ0v) is 16.0. The number of rotatable bonds is 9. The van der Waals surface area contributed by atoms with Crippen molar-refractivity contribution in [2.45, 2.75) is 32.2 Å². The summed E-state index contributed by atoms with van der Waals surface area (Å²) in [6, 6.07) is 15.9. The molecule has 0 aliphatic carbocycles. The van der Waals surface area contributed by atoms with Crippen LogP contribution in [0.1, 0.15) is 18.1 Å². The predicted octanol–water partition coefficient (Wildman–Crippen LogP) is 1.52. The monoisotopic (exact) mass is 400 g/mol. The van der Waals surface area contributed by atoms with Crippen molar-refractivity contribution in [1.29, 1.82) is 0 Å². The number of benzene rings is 2. The minimum Gasteiger partial charge on any atom is -0.459 e. The number of nitrogens with one attached hydrogen (secondary N) is 2. The Bertz CT molecular complexity index is 797. The molecule has 2 rings (SSSR count). The van der Waals surface area contributed by atoms with Crippen molar-refractivity contribution in [2.24, 2.45) is 0 Å². The third kappa shape index (κ3) is 7.63. The molecule has 0 aliphatic heterocycles. The van der Waals surface area contributed by atoms with Gasteiger partial charge in [-0.15, -0.1) is 0 Å². The van der Waals surface area contributed by atoms with E-state index in [0.717, 1.165) is 11.1 Å². The highest BCUT2D eigenvalue weighted by atomic mass is 16.5. The van der Waals surface area contributed by atoms with E-state index in [9.17, 15) is 19.5 Å². The van der Waals surface area contributed by atoms with Crippen LogP contribution in [-0.4, -0.2) is 41.8 Å². The van der Waals surface area contributed by atoms with Crippen LogP contribution in [0.3, 0.4) is 0 Å². The van der Waals surface area contributed by atoms with Crippen LogP contribution >= 0.6 is 0 Å². The summed E-state index contributed by atoms with van der Waals surface area (Å²) in [5.74, 6) is -1.36. The van der Waals surface area contributed by atoms with E-state index in [1.54, 1.807) is 24.3 Å². The lowest BCUT2D eigenvalue weighted by atomic mass is 10.2. The highest BCUT2D eigenvalue weighted by Crippen LogP contribution is 2.03. The van der Waals surface area contributed by atoms with Crippen LogP contribution in [0.5, 0.6) is 0 Å². The summed E-state index contributed by atoms with van der Waals surface area (Å²) >= 11 is 0. The Hall–Kier alpha value is -3.39. The zero-order valence-electron chi connectivity index (χ0n) is 16.0. The third-order valence-corrected chi connectivity index (χ3v) is 3.94. The number of hydrogen-bond donors (Lipinski definition) is 3. The van der Waals surface area contributed by atoms with Gasteiger partial charge < -0.3 is 25.2 Å². The molecule has 0 unspecified atom stereocenters. The molecule has 8 nitrogen and oxygen atoms in total. The van der Waals surface area contributed by atoms with Crippen molar-refractivity contribution in [3.8, 4) is 0 Å². The maximum Gasteiger partial charge on any atom is 0.408 e. The zero-order chi connectivity index (χ0) is 21.1. The Balaban J connectivity index is 1.76. The van der Waals surface area contributed by atoms with Crippen molar-refractivity contribution in [3.05, 3.63) is 71.8 Å². The number of hydrogen-bond acceptors (Lipinski definition) is 6. The molecule has 0 saturated carbocycles. The number of carbonyl (C=O) groups is 3. The van der Waals surface area contributed by atoms with E-state index in [1.165, 1.54) is 6.92 Å². The molecule has 2 atom stereocenters. The molecule has 2 aromatic rings. The van der Waals surface area contributed by atoms with Gasteiger partial charge in [0, 0.05) is 0 Å². The van der Waals surface area contributed by atoms with Crippen LogP contribution in [-0.2, 0) is 32.3 Å². The molecule has 2 aromatic carbocycles. The lowest BCUT2D eigenvalue weighted by Crippen LogP contribution is -2.52. The first-order valence-corrected chi connectivity index (χ1v) is 9.08. The molecule has 3 N–H and O–H groups in total. The molecule has 29 heavy (non-hydrogen) atoms. The lowest BCUT2D eigenvalue weighted by molar-refractivity contribution is -0.148. The molecule has 154 valence electrons. The van der Waals surface area contributed by atoms with Gasteiger partial charge in [0.25, 0.3) is 0 Å². The smallest absolute Gasteiger partial charge is 0.408 e. The van der Waals surface area contributed by atoms with Crippen LogP contribution in [0.4, 0.5) is 4.79 Å². The summed E-state index contributed by atoms with van der Waals surface area (Å²) in [5, 5.41) is 14.1. The molecule has 0 bridgehead atoms. The maximum absolute atomic E-state index is 12.2. The summed E-state index contributed by atoms with van der Waals surface area (Å²) in [6.07, 6.45) is -0.859. The highest BCUT2D eigenvalue weighted by Gasteiger charge is 2.25. The van der Waals surface area contributed by atoms with E-state index in [2.05, 4.69) is 10.6 Å². The standard InChI is InChI=1S/C21H24N2O6/c1-15(20(26)28-13-16-8-4-2-5-9-16)22-19(25)18(12-24)23-21(27)29-14-17-10-6-3-7-11-17/h2-11,15,18,24H,12-14H2,1H3,(H,22,25)(H,23,27)/t15-,18+/m1/s1. The number of amides is 2. The van der Waals surface area contributed by atoms with Gasteiger partial charge in [-0.3, -0.25) is 4.79 Å². The van der Waals surface area contributed by atoms with Crippen molar-refractivity contribution < 1.29 is 29.0 Å². The molecular weight excluding hydrogens is 376 g/mol. The number of aliphatic hydroxyl groups excluding tert-OH is 1. The van der Waals surface area contributed by atoms with Gasteiger partial charge in [0.1, 0.15) is 25.3 Å². The second-order valence-corrected chi connectivity index (χ2v) is 6.26. The number of aliphatic hydroxyl groups is 1. The third-order valence-electron chi connectivity index (χ3n) is 3.94. The molecule has 0 aromatic heterocycles. The summed E-state index contributed by atoms with van der Waals surface area (Å²) in [7, 11) is 0. The minimum absolute atomic E-state index is 0.0225. The van der Waals surface area contributed by atoms with Gasteiger partial charge in [-0.05, 0) is 18.1 Å². The summed E-state index contributed by atoms with van der Waals surface area (Å²) in [4.78, 5) is 36.1. The van der Waals surface area contributed by atoms with Gasteiger partial charge in [0.15, 0.2) is 0 Å². The fraction of sp³-hybridized carbons (Fsp3) is 0.286. The molecule has 0 saturated heterocycles. The Kier molecular flexibility index (Phi) is 8.65. The van der Waals surface area contributed by atoms with Gasteiger partial charge in [-0.1, -0.05) is 60.7 Å². The quantitative estimate of drug-likeness (QED) is 0.550. The minimum atomic E-state index is -1.26. The van der Waals surface area contributed by atoms with Crippen LogP contribution < -0.4 is 10.6 Å². The van der Waals surface area contributed by atoms with Gasteiger partial charge in [0.2, 0.25) is 5.91 Å². The maximum atomic E-state index is 12.2. The molecule has 0 radical (unpaired) electrons. The molecule has 8 heteroatoms. The van der Waals surface area contributed by atoms with E-state index >= 15 is 0 Å². The Labute approximate surface area is 168 Å². The second-order valence-electron chi connectivity index (χ2n) is 6.26. The van der Waals surface area contributed by atoms with Gasteiger partial charge >= 0.3 is 12.1 Å². The van der Waals surface area contributed by atoms with Crippen molar-refractivity contribution in [3.63, 3.8) is 0 Å². The Morgan fingerprint density at radius 3 is 1.90 bits per heavy atom. The molecule has 2 amide bonds. The summed E-state index contributed by atoms with van der Waals surface area (Å²) < 4.78 is 10.2. The first-order valence-electron chi connectivity index (χ1n) is 9.08. The van der Waals surface area contributed by atoms with E-state index < -0.39 is 36.7 Å². The SMILES string of the molecule is C[C@@H](NC(=O)[C@H](CO)NC(=O)OCc1ccccc1)C(=O)OCc1ccccc1. The number of esters is 1. The molecular formula is C21H24N2O6. The molecule has 0 heterocycles. The molecule has 0 spiro atoms. The normalized spacial score (nSPS) is 12.3. The Morgan fingerprint density at radius 2 is 1.38 bits per heavy atom. The first-order chi connectivity index (χ1) is 14.0. The average Bonchev–Trinajstić information content (AvgIpc) is 2.75. The summed E-state index contributed by atoms with van der Waals surface area (Å²) in [5.41, 5.74) is 1.60. The van der Waals surface area contributed by atoms with E-state index in [4.69, 9.17) is 9.47 Å². The van der Waals surface area contributed by atoms with Gasteiger partial charge in [0.05, 0.1) is 6.61 Å². The van der Waals surface area contributed by atoms with Crippen LogP contribution in [0.2, 0.25) is 0 Å². The van der Waals surface area contributed by atoms with E-state index in [1.807, 2.05) is 36.4 Å². The topological polar surface area (TPSA) is 114 Å². The van der Waals surface area contributed by atoms with Crippen LogP contribution in [0, 0.1) is 0 Å². The summed E-state index contributed by atoms with van der Waals surface area (Å²) in [6.45, 7) is 0.896. The fourth-order valence-electron chi connectivity index (χ4n) is 2.33. The number of alkyl carbamates (subject to hydrolysis) is 1. The average molecular weight is 400 g/mol.